The van der Waals surface area contributed by atoms with E-state index in [0.717, 1.165) is 10.6 Å². The average molecular weight is 275 g/mol. The molecule has 0 radical (unpaired) electrons. The molecule has 0 aromatic carbocycles. The number of hydrogen-bond donors (Lipinski definition) is 1. The summed E-state index contributed by atoms with van der Waals surface area (Å²) in [4.78, 5) is 19.2. The highest BCUT2D eigenvalue weighted by atomic mass is 32.1. The van der Waals surface area contributed by atoms with Crippen molar-refractivity contribution in [1.82, 2.24) is 9.88 Å². The van der Waals surface area contributed by atoms with E-state index in [-0.39, 0.29) is 12.1 Å². The Kier molecular flexibility index (Phi) is 4.16. The SMILES string of the molecule is Cc1cccc(NC(=O)N(C)[C@H](C)c2cccs2)n1. The van der Waals surface area contributed by atoms with E-state index in [0.29, 0.717) is 5.82 Å². The number of amides is 2. The van der Waals surface area contributed by atoms with Crippen molar-refractivity contribution in [2.75, 3.05) is 12.4 Å². The number of nitrogens with zero attached hydrogens (tertiary/aromatic N) is 2. The van der Waals surface area contributed by atoms with Gasteiger partial charge >= 0.3 is 6.03 Å². The van der Waals surface area contributed by atoms with Crippen molar-refractivity contribution in [3.05, 3.63) is 46.3 Å². The van der Waals surface area contributed by atoms with Crippen LogP contribution in [0.2, 0.25) is 0 Å². The maximum absolute atomic E-state index is 12.1. The van der Waals surface area contributed by atoms with E-state index in [4.69, 9.17) is 0 Å². The van der Waals surface area contributed by atoms with E-state index in [1.165, 1.54) is 0 Å². The van der Waals surface area contributed by atoms with Crippen LogP contribution in [-0.2, 0) is 0 Å². The van der Waals surface area contributed by atoms with Gasteiger partial charge in [-0.15, -0.1) is 11.3 Å². The predicted octanol–water partition coefficient (Wildman–Crippen LogP) is 3.68. The Bertz CT molecular complexity index is 554. The highest BCUT2D eigenvalue weighted by Crippen LogP contribution is 2.23. The van der Waals surface area contributed by atoms with Gasteiger partial charge in [0.2, 0.25) is 0 Å². The van der Waals surface area contributed by atoms with Gasteiger partial charge < -0.3 is 4.90 Å². The summed E-state index contributed by atoms with van der Waals surface area (Å²) in [5.74, 6) is 0.579. The largest absolute Gasteiger partial charge is 0.323 e. The highest BCUT2D eigenvalue weighted by Gasteiger charge is 2.18. The van der Waals surface area contributed by atoms with Crippen molar-refractivity contribution in [3.8, 4) is 0 Å². The van der Waals surface area contributed by atoms with Crippen LogP contribution >= 0.6 is 11.3 Å². The van der Waals surface area contributed by atoms with Crippen molar-refractivity contribution in [3.63, 3.8) is 0 Å². The van der Waals surface area contributed by atoms with Gasteiger partial charge in [-0.05, 0) is 37.4 Å². The number of carbonyl (C=O) groups excluding carboxylic acids is 1. The van der Waals surface area contributed by atoms with Gasteiger partial charge in [0.05, 0.1) is 6.04 Å². The number of carbonyl (C=O) groups is 1. The lowest BCUT2D eigenvalue weighted by Crippen LogP contribution is -2.33. The first-order chi connectivity index (χ1) is 9.08. The monoisotopic (exact) mass is 275 g/mol. The first-order valence-electron chi connectivity index (χ1n) is 6.09. The van der Waals surface area contributed by atoms with Crippen LogP contribution in [0, 0.1) is 6.92 Å². The van der Waals surface area contributed by atoms with Crippen LogP contribution < -0.4 is 5.32 Å². The van der Waals surface area contributed by atoms with E-state index in [1.807, 2.05) is 43.5 Å². The number of nitrogens with one attached hydrogen (secondary N) is 1. The first-order valence-corrected chi connectivity index (χ1v) is 6.97. The maximum atomic E-state index is 12.1. The standard InChI is InChI=1S/C14H17N3OS/c1-10-6-4-8-13(15-10)16-14(18)17(3)11(2)12-7-5-9-19-12/h4-9,11H,1-3H3,(H,15,16,18)/t11-/m1/s1. The summed E-state index contributed by atoms with van der Waals surface area (Å²) in [5, 5.41) is 4.82. The van der Waals surface area contributed by atoms with E-state index >= 15 is 0 Å². The van der Waals surface area contributed by atoms with Crippen LogP contribution in [0.4, 0.5) is 10.6 Å². The molecule has 0 saturated carbocycles. The zero-order valence-electron chi connectivity index (χ0n) is 11.3. The smallest absolute Gasteiger partial charge is 0.320 e. The average Bonchev–Trinajstić information content (AvgIpc) is 2.90. The molecule has 0 aliphatic heterocycles. The van der Waals surface area contributed by atoms with Gasteiger partial charge in [0, 0.05) is 17.6 Å². The molecule has 0 saturated heterocycles. The quantitative estimate of drug-likeness (QED) is 0.928. The van der Waals surface area contributed by atoms with Crippen molar-refractivity contribution in [2.24, 2.45) is 0 Å². The van der Waals surface area contributed by atoms with Gasteiger partial charge in [-0.2, -0.15) is 0 Å². The summed E-state index contributed by atoms with van der Waals surface area (Å²) >= 11 is 1.65. The summed E-state index contributed by atoms with van der Waals surface area (Å²) in [7, 11) is 1.79. The molecule has 0 aliphatic carbocycles. The molecule has 0 spiro atoms. The Hall–Kier alpha value is -1.88. The molecule has 0 unspecified atom stereocenters. The van der Waals surface area contributed by atoms with Crippen LogP contribution in [0.3, 0.4) is 0 Å². The number of thiophene rings is 1. The third-order valence-electron chi connectivity index (χ3n) is 2.98. The Labute approximate surface area is 117 Å². The van der Waals surface area contributed by atoms with E-state index in [9.17, 15) is 4.79 Å². The normalized spacial score (nSPS) is 11.9. The fourth-order valence-corrected chi connectivity index (χ4v) is 2.53. The predicted molar refractivity (Wildman–Crippen MR) is 78.5 cm³/mol. The third-order valence-corrected chi connectivity index (χ3v) is 4.02. The molecule has 0 fully saturated rings. The molecule has 5 heteroatoms. The molecular formula is C14H17N3OS. The minimum absolute atomic E-state index is 0.0461. The number of hydrogen-bond acceptors (Lipinski definition) is 3. The molecule has 19 heavy (non-hydrogen) atoms. The van der Waals surface area contributed by atoms with E-state index in [2.05, 4.69) is 10.3 Å². The second kappa shape index (κ2) is 5.84. The number of anilines is 1. The van der Waals surface area contributed by atoms with Crippen molar-refractivity contribution < 1.29 is 4.79 Å². The summed E-state index contributed by atoms with van der Waals surface area (Å²) in [5.41, 5.74) is 0.881. The zero-order chi connectivity index (χ0) is 13.8. The lowest BCUT2D eigenvalue weighted by molar-refractivity contribution is 0.209. The topological polar surface area (TPSA) is 45.2 Å². The van der Waals surface area contributed by atoms with Gasteiger partial charge in [0.25, 0.3) is 0 Å². The fraction of sp³-hybridized carbons (Fsp3) is 0.286. The van der Waals surface area contributed by atoms with E-state index < -0.39 is 0 Å². The van der Waals surface area contributed by atoms with Crippen LogP contribution in [0.5, 0.6) is 0 Å². The van der Waals surface area contributed by atoms with Crippen LogP contribution in [-0.4, -0.2) is 23.0 Å². The molecule has 1 atom stereocenters. The molecule has 0 bridgehead atoms. The molecule has 4 nitrogen and oxygen atoms in total. The molecular weight excluding hydrogens is 258 g/mol. The van der Waals surface area contributed by atoms with E-state index in [1.54, 1.807) is 29.4 Å². The summed E-state index contributed by atoms with van der Waals surface area (Å²) in [6.45, 7) is 3.91. The van der Waals surface area contributed by atoms with Gasteiger partial charge in [0.1, 0.15) is 5.82 Å². The number of pyridine rings is 1. The van der Waals surface area contributed by atoms with Crippen LogP contribution in [0.15, 0.2) is 35.7 Å². The minimum atomic E-state index is -0.154. The molecule has 2 amide bonds. The highest BCUT2D eigenvalue weighted by molar-refractivity contribution is 7.10. The zero-order valence-corrected chi connectivity index (χ0v) is 12.1. The molecule has 2 aromatic rings. The minimum Gasteiger partial charge on any atom is -0.320 e. The lowest BCUT2D eigenvalue weighted by Gasteiger charge is -2.24. The van der Waals surface area contributed by atoms with Crippen LogP contribution in [0.25, 0.3) is 0 Å². The van der Waals surface area contributed by atoms with Crippen molar-refractivity contribution in [2.45, 2.75) is 19.9 Å². The van der Waals surface area contributed by atoms with Gasteiger partial charge in [0.15, 0.2) is 0 Å². The first kappa shape index (κ1) is 13.5. The van der Waals surface area contributed by atoms with Gasteiger partial charge in [-0.1, -0.05) is 12.1 Å². The molecule has 2 rings (SSSR count). The lowest BCUT2D eigenvalue weighted by atomic mass is 10.2. The molecule has 2 aromatic heterocycles. The summed E-state index contributed by atoms with van der Waals surface area (Å²) in [6, 6.07) is 9.47. The number of aromatic nitrogens is 1. The Morgan fingerprint density at radius 3 is 2.79 bits per heavy atom. The summed E-state index contributed by atoms with van der Waals surface area (Å²) < 4.78 is 0. The fourth-order valence-electron chi connectivity index (χ4n) is 1.71. The number of aryl methyl sites for hydroxylation is 1. The molecule has 1 N–H and O–H groups in total. The van der Waals surface area contributed by atoms with Crippen molar-refractivity contribution in [1.29, 1.82) is 0 Å². The Morgan fingerprint density at radius 2 is 2.16 bits per heavy atom. The molecule has 2 heterocycles. The second-order valence-corrected chi connectivity index (χ2v) is 5.38. The number of rotatable bonds is 3. The maximum Gasteiger partial charge on any atom is 0.323 e. The molecule has 100 valence electrons. The second-order valence-electron chi connectivity index (χ2n) is 4.40. The Balaban J connectivity index is 2.03. The van der Waals surface area contributed by atoms with Gasteiger partial charge in [-0.25, -0.2) is 9.78 Å². The number of urea groups is 1. The third kappa shape index (κ3) is 3.32. The van der Waals surface area contributed by atoms with Crippen molar-refractivity contribution >= 4 is 23.2 Å². The van der Waals surface area contributed by atoms with Crippen LogP contribution in [0.1, 0.15) is 23.5 Å². The summed E-state index contributed by atoms with van der Waals surface area (Å²) in [6.07, 6.45) is 0. The molecule has 0 aliphatic rings. The Morgan fingerprint density at radius 1 is 1.37 bits per heavy atom. The van der Waals surface area contributed by atoms with Gasteiger partial charge in [-0.3, -0.25) is 5.32 Å².